The number of aromatic nitrogens is 1. The summed E-state index contributed by atoms with van der Waals surface area (Å²) in [6.45, 7) is 1.33. The van der Waals surface area contributed by atoms with Gasteiger partial charge in [0.15, 0.2) is 5.96 Å². The predicted octanol–water partition coefficient (Wildman–Crippen LogP) is 3.92. The van der Waals surface area contributed by atoms with E-state index in [1.165, 1.54) is 5.56 Å². The molecule has 1 atom stereocenters. The summed E-state index contributed by atoms with van der Waals surface area (Å²) in [6.07, 6.45) is 0. The molecule has 0 bridgehead atoms. The predicted molar refractivity (Wildman–Crippen MR) is 122 cm³/mol. The maximum Gasteiger partial charge on any atom is 0.191 e. The number of hydrogen-bond donors (Lipinski definition) is 2. The Kier molecular flexibility index (Phi) is 9.78. The Balaban J connectivity index is 0.00000338. The molecule has 8 heteroatoms. The number of benzene rings is 1. The van der Waals surface area contributed by atoms with Crippen molar-refractivity contribution in [2.24, 2.45) is 12.0 Å². The van der Waals surface area contributed by atoms with Gasteiger partial charge in [-0.15, -0.1) is 24.0 Å². The van der Waals surface area contributed by atoms with E-state index in [0.717, 1.165) is 18.2 Å². The molecular weight excluding hydrogens is 484 g/mol. The van der Waals surface area contributed by atoms with Crippen LogP contribution in [0.5, 0.6) is 0 Å². The van der Waals surface area contributed by atoms with E-state index in [9.17, 15) is 0 Å². The van der Waals surface area contributed by atoms with Gasteiger partial charge in [0.25, 0.3) is 0 Å². The molecule has 1 heterocycles. The van der Waals surface area contributed by atoms with Gasteiger partial charge in [-0.05, 0) is 25.7 Å². The van der Waals surface area contributed by atoms with Gasteiger partial charge in [0.05, 0.1) is 17.6 Å². The third-order valence-electron chi connectivity index (χ3n) is 4.15. The van der Waals surface area contributed by atoms with Crippen LogP contribution in [-0.4, -0.2) is 43.1 Å². The number of aliphatic imine (C=N–C) groups is 1. The lowest BCUT2D eigenvalue weighted by Gasteiger charge is -2.26. The molecule has 0 saturated heterocycles. The summed E-state index contributed by atoms with van der Waals surface area (Å²) in [5, 5.41) is 7.77. The van der Waals surface area contributed by atoms with E-state index in [1.807, 2.05) is 23.7 Å². The lowest BCUT2D eigenvalue weighted by atomic mass is 10.1. The van der Waals surface area contributed by atoms with Crippen molar-refractivity contribution in [1.29, 1.82) is 0 Å². The molecule has 144 valence electrons. The topological polar surface area (TPSA) is 44.6 Å². The van der Waals surface area contributed by atoms with E-state index < -0.39 is 0 Å². The summed E-state index contributed by atoms with van der Waals surface area (Å²) >= 11 is 12.2. The number of rotatable bonds is 6. The standard InChI is InChI=1S/C18H25Cl2N5.HI/c1-21-18(22-11-14-10-15(19)17(20)25(14)4)23-12-16(24(2)3)13-8-6-5-7-9-13;/h5-10,16H,11-12H2,1-4H3,(H2,21,22,23);1H. The zero-order valence-electron chi connectivity index (χ0n) is 15.5. The highest BCUT2D eigenvalue weighted by Gasteiger charge is 2.14. The Hall–Kier alpha value is -0.960. The van der Waals surface area contributed by atoms with Crippen molar-refractivity contribution in [3.05, 3.63) is 57.8 Å². The number of likely N-dealkylation sites (N-methyl/N-ethyl adjacent to an activating group) is 1. The lowest BCUT2D eigenvalue weighted by Crippen LogP contribution is -2.41. The smallest absolute Gasteiger partial charge is 0.191 e. The number of halogens is 3. The van der Waals surface area contributed by atoms with Crippen molar-refractivity contribution >= 4 is 53.1 Å². The van der Waals surface area contributed by atoms with E-state index in [2.05, 4.69) is 58.9 Å². The highest BCUT2D eigenvalue weighted by molar-refractivity contribution is 14.0. The van der Waals surface area contributed by atoms with Crippen LogP contribution in [0.25, 0.3) is 0 Å². The van der Waals surface area contributed by atoms with Gasteiger partial charge < -0.3 is 20.1 Å². The number of nitrogens with one attached hydrogen (secondary N) is 2. The fraction of sp³-hybridized carbons (Fsp3) is 0.389. The van der Waals surface area contributed by atoms with Crippen molar-refractivity contribution in [2.45, 2.75) is 12.6 Å². The normalized spacial score (nSPS) is 12.7. The molecule has 0 fully saturated rings. The van der Waals surface area contributed by atoms with E-state index in [1.54, 1.807) is 7.05 Å². The van der Waals surface area contributed by atoms with Crippen molar-refractivity contribution < 1.29 is 0 Å². The molecule has 26 heavy (non-hydrogen) atoms. The van der Waals surface area contributed by atoms with Crippen molar-refractivity contribution in [3.63, 3.8) is 0 Å². The van der Waals surface area contributed by atoms with Crippen LogP contribution in [0.4, 0.5) is 0 Å². The quantitative estimate of drug-likeness (QED) is 0.352. The molecule has 0 aliphatic rings. The van der Waals surface area contributed by atoms with Gasteiger partial charge in [-0.3, -0.25) is 4.99 Å². The Labute approximate surface area is 182 Å². The third kappa shape index (κ3) is 6.04. The minimum Gasteiger partial charge on any atom is -0.354 e. The van der Waals surface area contributed by atoms with Crippen LogP contribution < -0.4 is 10.6 Å². The Morgan fingerprint density at radius 3 is 2.35 bits per heavy atom. The molecule has 0 radical (unpaired) electrons. The van der Waals surface area contributed by atoms with Crippen LogP contribution in [0.2, 0.25) is 10.2 Å². The fourth-order valence-corrected chi connectivity index (χ4v) is 3.04. The summed E-state index contributed by atoms with van der Waals surface area (Å²) in [4.78, 5) is 6.47. The zero-order valence-corrected chi connectivity index (χ0v) is 19.3. The second-order valence-corrected chi connectivity index (χ2v) is 6.80. The van der Waals surface area contributed by atoms with Crippen LogP contribution in [0.1, 0.15) is 17.3 Å². The summed E-state index contributed by atoms with van der Waals surface area (Å²) in [5.74, 6) is 0.733. The van der Waals surface area contributed by atoms with Crippen LogP contribution in [0, 0.1) is 0 Å². The molecule has 5 nitrogen and oxygen atoms in total. The molecule has 0 saturated carbocycles. The molecule has 2 rings (SSSR count). The third-order valence-corrected chi connectivity index (χ3v) is 4.99. The molecule has 0 aliphatic heterocycles. The zero-order chi connectivity index (χ0) is 18.4. The average Bonchev–Trinajstić information content (AvgIpc) is 2.85. The minimum absolute atomic E-state index is 0. The number of hydrogen-bond acceptors (Lipinski definition) is 2. The molecule has 1 aromatic carbocycles. The first-order valence-electron chi connectivity index (χ1n) is 8.09. The molecule has 2 N–H and O–H groups in total. The lowest BCUT2D eigenvalue weighted by molar-refractivity contribution is 0.298. The van der Waals surface area contributed by atoms with Crippen molar-refractivity contribution in [3.8, 4) is 0 Å². The number of nitrogens with zero attached hydrogens (tertiary/aromatic N) is 3. The van der Waals surface area contributed by atoms with E-state index in [4.69, 9.17) is 23.2 Å². The van der Waals surface area contributed by atoms with Crippen LogP contribution in [0.15, 0.2) is 41.4 Å². The molecular formula is C18H26Cl2IN5. The van der Waals surface area contributed by atoms with Crippen molar-refractivity contribution in [2.75, 3.05) is 27.7 Å². The number of guanidine groups is 1. The van der Waals surface area contributed by atoms with Gasteiger partial charge in [-0.25, -0.2) is 0 Å². The SMILES string of the molecule is CN=C(NCc1cc(Cl)c(Cl)n1C)NCC(c1ccccc1)N(C)C.I. The van der Waals surface area contributed by atoms with Crippen LogP contribution in [-0.2, 0) is 13.6 Å². The first-order valence-corrected chi connectivity index (χ1v) is 8.85. The van der Waals surface area contributed by atoms with E-state index >= 15 is 0 Å². The summed E-state index contributed by atoms with van der Waals surface area (Å²) in [7, 11) is 7.79. The second kappa shape index (κ2) is 11.0. The fourth-order valence-electron chi connectivity index (χ4n) is 2.62. The van der Waals surface area contributed by atoms with Crippen molar-refractivity contribution in [1.82, 2.24) is 20.1 Å². The minimum atomic E-state index is 0. The van der Waals surface area contributed by atoms with Gasteiger partial charge in [0.2, 0.25) is 0 Å². The molecule has 0 amide bonds. The largest absolute Gasteiger partial charge is 0.354 e. The van der Waals surface area contributed by atoms with Gasteiger partial charge in [0.1, 0.15) is 5.15 Å². The van der Waals surface area contributed by atoms with Gasteiger partial charge in [-0.2, -0.15) is 0 Å². The molecule has 2 aromatic rings. The maximum atomic E-state index is 6.10. The summed E-state index contributed by atoms with van der Waals surface area (Å²) in [6, 6.07) is 12.5. The first-order chi connectivity index (χ1) is 11.9. The molecule has 1 aromatic heterocycles. The highest BCUT2D eigenvalue weighted by Crippen LogP contribution is 2.24. The van der Waals surface area contributed by atoms with Gasteiger partial charge in [-0.1, -0.05) is 53.5 Å². The molecule has 0 spiro atoms. The van der Waals surface area contributed by atoms with Gasteiger partial charge in [0, 0.05) is 26.3 Å². The summed E-state index contributed by atoms with van der Waals surface area (Å²) < 4.78 is 1.86. The Bertz CT molecular complexity index is 716. The second-order valence-electron chi connectivity index (χ2n) is 6.03. The van der Waals surface area contributed by atoms with Crippen LogP contribution >= 0.6 is 47.2 Å². The Morgan fingerprint density at radius 1 is 1.19 bits per heavy atom. The maximum absolute atomic E-state index is 6.10. The van der Waals surface area contributed by atoms with Gasteiger partial charge >= 0.3 is 0 Å². The Morgan fingerprint density at radius 2 is 1.85 bits per heavy atom. The summed E-state index contributed by atoms with van der Waals surface area (Å²) in [5.41, 5.74) is 2.25. The van der Waals surface area contributed by atoms with E-state index in [0.29, 0.717) is 16.7 Å². The van der Waals surface area contributed by atoms with Crippen LogP contribution in [0.3, 0.4) is 0 Å². The average molecular weight is 510 g/mol. The first kappa shape index (κ1) is 23.1. The van der Waals surface area contributed by atoms with E-state index in [-0.39, 0.29) is 30.0 Å². The highest BCUT2D eigenvalue weighted by atomic mass is 127. The molecule has 1 unspecified atom stereocenters. The monoisotopic (exact) mass is 509 g/mol. The molecule has 0 aliphatic carbocycles.